The van der Waals surface area contributed by atoms with Crippen molar-refractivity contribution in [3.8, 4) is 35.4 Å². The van der Waals surface area contributed by atoms with E-state index in [4.69, 9.17) is 16.1 Å². The lowest BCUT2D eigenvalue weighted by atomic mass is 9.82. The molecule has 5 aromatic rings. The Morgan fingerprint density at radius 3 is 2.26 bits per heavy atom. The molecule has 0 aliphatic carbocycles. The summed E-state index contributed by atoms with van der Waals surface area (Å²) in [4.78, 5) is 63.1. The number of halogens is 2. The topological polar surface area (TPSA) is 160 Å². The van der Waals surface area contributed by atoms with Crippen LogP contribution in [0.15, 0.2) is 48.7 Å². The van der Waals surface area contributed by atoms with Crippen LogP contribution in [0.3, 0.4) is 0 Å². The Morgan fingerprint density at radius 2 is 1.53 bits per heavy atom. The van der Waals surface area contributed by atoms with Gasteiger partial charge in [0.25, 0.3) is 5.91 Å². The van der Waals surface area contributed by atoms with Crippen molar-refractivity contribution in [2.75, 3.05) is 81.9 Å². The largest absolute Gasteiger partial charge is 0.508 e. The molecule has 0 saturated carbocycles. The van der Waals surface area contributed by atoms with Gasteiger partial charge in [0.1, 0.15) is 41.2 Å². The molecule has 3 amide bonds. The summed E-state index contributed by atoms with van der Waals surface area (Å²) < 4.78 is 38.3. The molecule has 7 aliphatic heterocycles. The van der Waals surface area contributed by atoms with Crippen LogP contribution in [0, 0.1) is 41.7 Å². The monoisotopic (exact) mass is 1010 g/mol. The summed E-state index contributed by atoms with van der Waals surface area (Å²) in [5.74, 6) is 2.86. The van der Waals surface area contributed by atoms with Gasteiger partial charge >= 0.3 is 6.01 Å². The summed E-state index contributed by atoms with van der Waals surface area (Å²) in [5, 5.41) is 17.9. The highest BCUT2D eigenvalue weighted by Gasteiger charge is 2.40. The second kappa shape index (κ2) is 20.3. The number of benzene rings is 3. The zero-order chi connectivity index (χ0) is 50.6. The molecule has 3 atom stereocenters. The van der Waals surface area contributed by atoms with Crippen molar-refractivity contribution < 1.29 is 33.0 Å². The van der Waals surface area contributed by atoms with Crippen LogP contribution >= 0.6 is 0 Å². The van der Waals surface area contributed by atoms with Gasteiger partial charge in [-0.1, -0.05) is 18.1 Å². The first-order valence-electron chi connectivity index (χ1n) is 26.9. The number of piperazine rings is 1. The molecule has 3 unspecified atom stereocenters. The van der Waals surface area contributed by atoms with E-state index in [2.05, 4.69) is 52.2 Å². The van der Waals surface area contributed by atoms with E-state index in [9.17, 15) is 19.5 Å². The van der Waals surface area contributed by atoms with Crippen LogP contribution in [0.4, 0.5) is 20.3 Å². The predicted molar refractivity (Wildman–Crippen MR) is 278 cm³/mol. The number of carbonyl (C=O) groups excluding carboxylic acids is 3. The summed E-state index contributed by atoms with van der Waals surface area (Å²) in [6.45, 7) is 10.3. The van der Waals surface area contributed by atoms with Crippen molar-refractivity contribution in [3.05, 3.63) is 77.0 Å². The molecule has 3 aromatic carbocycles. The summed E-state index contributed by atoms with van der Waals surface area (Å²) in [7, 11) is 0. The van der Waals surface area contributed by atoms with Gasteiger partial charge in [-0.15, -0.1) is 6.42 Å². The molecule has 12 rings (SSSR count). The van der Waals surface area contributed by atoms with Crippen LogP contribution in [0.25, 0.3) is 32.9 Å². The number of rotatable bonds is 12. The summed E-state index contributed by atoms with van der Waals surface area (Å²) >= 11 is 0. The lowest BCUT2D eigenvalue weighted by Gasteiger charge is -2.39. The van der Waals surface area contributed by atoms with E-state index in [0.717, 1.165) is 102 Å². The number of anilines is 2. The lowest BCUT2D eigenvalue weighted by molar-refractivity contribution is -0.136. The highest BCUT2D eigenvalue weighted by molar-refractivity contribution is 6.06. The number of nitrogens with one attached hydrogen (secondary N) is 2. The number of aromatic hydroxyl groups is 1. The van der Waals surface area contributed by atoms with E-state index in [0.29, 0.717) is 85.3 Å². The number of ether oxygens (including phenoxy) is 1. The van der Waals surface area contributed by atoms with E-state index >= 15 is 8.78 Å². The molecule has 3 N–H and O–H groups in total. The molecule has 17 heteroatoms. The van der Waals surface area contributed by atoms with Crippen molar-refractivity contribution in [1.29, 1.82) is 0 Å². The number of amides is 3. The molecular formula is C57H64F2N10O5. The standard InChI is InChI=1S/C57H64F2N10O5/c1-2-43-47(58)8-4-37-26-42(70)28-45(50(37)43)52-51(59)53-46(29-60-52)54(68-32-39-5-6-40(33-68)61-39)64-57(63-53)74-24-23-65-17-11-34(12-18-65)25-35-13-19-66(20-14-35)30-36-15-21-67(22-16-36)41-7-3-38-31-69(56(73)44(38)27-41)48-9-10-49(71)62-55(48)72/h1,3-4,7-8,26-29,34-36,39-40,48,61,70H,5-6,9-25,30-33H2,(H,62,71,72). The van der Waals surface area contributed by atoms with E-state index < -0.39 is 17.7 Å². The van der Waals surface area contributed by atoms with E-state index in [1.165, 1.54) is 43.5 Å². The van der Waals surface area contributed by atoms with E-state index in [-0.39, 0.29) is 63.6 Å². The third-order valence-electron chi connectivity index (χ3n) is 17.3. The first kappa shape index (κ1) is 48.5. The fourth-order valence-electron chi connectivity index (χ4n) is 13.3. The number of terminal acetylenes is 1. The Bertz CT molecular complexity index is 3040. The SMILES string of the molecule is C#Cc1c(F)ccc2cc(O)cc(-c3ncc4c(N5CC6CCC(C5)N6)nc(OCCN5CCC(CC6CCN(CC7CCN(c8ccc9c(c8)C(=O)N(C8CCC(=O)NC8=O)C9)CC7)CC6)CC5)nc4c3F)c12. The Morgan fingerprint density at radius 1 is 0.797 bits per heavy atom. The summed E-state index contributed by atoms with van der Waals surface area (Å²) in [6.07, 6.45) is 18.4. The van der Waals surface area contributed by atoms with Crippen LogP contribution in [0.5, 0.6) is 11.8 Å². The number of likely N-dealkylation sites (tertiary alicyclic amines) is 2. The van der Waals surface area contributed by atoms with E-state index in [1.807, 2.05) is 12.1 Å². The van der Waals surface area contributed by atoms with Crippen molar-refractivity contribution in [3.63, 3.8) is 0 Å². The number of aromatic nitrogens is 3. The number of nitrogens with zero attached hydrogens (tertiary/aromatic N) is 8. The van der Waals surface area contributed by atoms with Gasteiger partial charge in [-0.25, -0.2) is 8.78 Å². The van der Waals surface area contributed by atoms with Crippen LogP contribution in [0.2, 0.25) is 0 Å². The average Bonchev–Trinajstić information content (AvgIpc) is 3.93. The van der Waals surface area contributed by atoms with Gasteiger partial charge in [0, 0.05) is 92.7 Å². The molecule has 2 aromatic heterocycles. The summed E-state index contributed by atoms with van der Waals surface area (Å²) in [5.41, 5.74) is 2.76. The number of phenolic OH excluding ortho intramolecular Hbond substituents is 1. The molecule has 6 saturated heterocycles. The van der Waals surface area contributed by atoms with Gasteiger partial charge in [0.2, 0.25) is 11.8 Å². The molecule has 386 valence electrons. The highest BCUT2D eigenvalue weighted by Crippen LogP contribution is 2.40. The predicted octanol–water partition coefficient (Wildman–Crippen LogP) is 6.62. The first-order chi connectivity index (χ1) is 36.0. The zero-order valence-electron chi connectivity index (χ0n) is 41.8. The number of hydrogen-bond donors (Lipinski definition) is 3. The smallest absolute Gasteiger partial charge is 0.319 e. The molecule has 74 heavy (non-hydrogen) atoms. The molecule has 7 aliphatic rings. The van der Waals surface area contributed by atoms with Gasteiger partial charge in [-0.05, 0) is 149 Å². The normalized spacial score (nSPS) is 23.5. The maximum atomic E-state index is 17.0. The number of imide groups is 1. The van der Waals surface area contributed by atoms with Gasteiger partial charge in [-0.3, -0.25) is 29.6 Å². The van der Waals surface area contributed by atoms with Crippen molar-refractivity contribution in [2.45, 2.75) is 95.3 Å². The van der Waals surface area contributed by atoms with Gasteiger partial charge < -0.3 is 34.8 Å². The Labute approximate surface area is 430 Å². The average molecular weight is 1010 g/mol. The number of hydrogen-bond acceptors (Lipinski definition) is 13. The number of phenols is 1. The molecule has 15 nitrogen and oxygen atoms in total. The van der Waals surface area contributed by atoms with E-state index in [1.54, 1.807) is 11.1 Å². The second-order valence-corrected chi connectivity index (χ2v) is 22.0. The minimum atomic E-state index is -0.727. The third kappa shape index (κ3) is 9.60. The van der Waals surface area contributed by atoms with Gasteiger partial charge in [0.15, 0.2) is 5.82 Å². The lowest BCUT2D eigenvalue weighted by Crippen LogP contribution is -2.52. The second-order valence-electron chi connectivity index (χ2n) is 22.0. The van der Waals surface area contributed by atoms with Crippen LogP contribution in [-0.2, 0) is 16.1 Å². The van der Waals surface area contributed by atoms with Crippen molar-refractivity contribution in [1.82, 2.24) is 40.3 Å². The number of pyridine rings is 1. The maximum absolute atomic E-state index is 17.0. The zero-order valence-corrected chi connectivity index (χ0v) is 41.8. The molecular weight excluding hydrogens is 943 g/mol. The Hall–Kier alpha value is -6.48. The summed E-state index contributed by atoms with van der Waals surface area (Å²) in [6, 6.07) is 11.8. The molecule has 2 bridgehead atoms. The first-order valence-corrected chi connectivity index (χ1v) is 26.9. The fourth-order valence-corrected chi connectivity index (χ4v) is 13.3. The number of piperidine rings is 4. The number of carbonyl (C=O) groups is 3. The van der Waals surface area contributed by atoms with Crippen LogP contribution < -0.4 is 25.2 Å². The molecule has 6 fully saturated rings. The minimum absolute atomic E-state index is 0.0344. The van der Waals surface area contributed by atoms with Crippen LogP contribution in [0.1, 0.15) is 92.1 Å². The molecule has 0 radical (unpaired) electrons. The fraction of sp³-hybridized carbons (Fsp3) is 0.509. The van der Waals surface area contributed by atoms with Crippen LogP contribution in [-0.4, -0.2) is 143 Å². The highest BCUT2D eigenvalue weighted by atomic mass is 19.1. The molecule has 0 spiro atoms. The Kier molecular flexibility index (Phi) is 13.3. The third-order valence-corrected chi connectivity index (χ3v) is 17.3. The van der Waals surface area contributed by atoms with Gasteiger partial charge in [0.05, 0.1) is 10.9 Å². The van der Waals surface area contributed by atoms with Crippen molar-refractivity contribution >= 4 is 50.9 Å². The Balaban J connectivity index is 0.617. The quantitative estimate of drug-likeness (QED) is 0.0906. The van der Waals surface area contributed by atoms with Gasteiger partial charge in [-0.2, -0.15) is 9.97 Å². The minimum Gasteiger partial charge on any atom is -0.508 e. The number of fused-ring (bicyclic) bond motifs is 5. The van der Waals surface area contributed by atoms with Crippen molar-refractivity contribution in [2.24, 2.45) is 17.8 Å². The maximum Gasteiger partial charge on any atom is 0.319 e. The molecule has 9 heterocycles.